The first-order valence-electron chi connectivity index (χ1n) is 3.80. The fourth-order valence-electron chi connectivity index (χ4n) is 1.07. The van der Waals surface area contributed by atoms with E-state index in [1.165, 1.54) is 19.4 Å². The Morgan fingerprint density at radius 1 is 1.54 bits per heavy atom. The molecule has 1 unspecified atom stereocenters. The first-order chi connectivity index (χ1) is 6.03. The van der Waals surface area contributed by atoms with E-state index < -0.39 is 18.6 Å². The maximum absolute atomic E-state index is 12.0. The monoisotopic (exact) mass is 193 g/mol. The zero-order valence-electron chi connectivity index (χ0n) is 7.06. The SMILES string of the molecule is CNC(CC(F)(F)F)c1ccco1. The predicted octanol–water partition coefficient (Wildman–Crippen LogP) is 2.49. The van der Waals surface area contributed by atoms with Crippen LogP contribution in [-0.2, 0) is 0 Å². The molecule has 0 saturated carbocycles. The molecule has 74 valence electrons. The Hall–Kier alpha value is -0.970. The van der Waals surface area contributed by atoms with Crippen LogP contribution in [-0.4, -0.2) is 13.2 Å². The van der Waals surface area contributed by atoms with Crippen molar-refractivity contribution in [2.75, 3.05) is 7.05 Å². The van der Waals surface area contributed by atoms with Gasteiger partial charge in [0.25, 0.3) is 0 Å². The summed E-state index contributed by atoms with van der Waals surface area (Å²) >= 11 is 0. The average Bonchev–Trinajstić information content (AvgIpc) is 2.50. The first kappa shape index (κ1) is 10.1. The zero-order chi connectivity index (χ0) is 9.90. The van der Waals surface area contributed by atoms with Gasteiger partial charge in [-0.25, -0.2) is 0 Å². The van der Waals surface area contributed by atoms with Crippen molar-refractivity contribution in [3.63, 3.8) is 0 Å². The van der Waals surface area contributed by atoms with Gasteiger partial charge in [0.05, 0.1) is 18.7 Å². The molecule has 1 heterocycles. The summed E-state index contributed by atoms with van der Waals surface area (Å²) in [5.74, 6) is 0.305. The molecule has 1 aromatic heterocycles. The highest BCUT2D eigenvalue weighted by atomic mass is 19.4. The Labute approximate surface area is 73.7 Å². The van der Waals surface area contributed by atoms with Gasteiger partial charge in [-0.1, -0.05) is 0 Å². The van der Waals surface area contributed by atoms with Gasteiger partial charge in [-0.05, 0) is 19.2 Å². The van der Waals surface area contributed by atoms with E-state index in [-0.39, 0.29) is 0 Å². The predicted molar refractivity (Wildman–Crippen MR) is 41.2 cm³/mol. The molecule has 1 rings (SSSR count). The van der Waals surface area contributed by atoms with E-state index >= 15 is 0 Å². The third-order valence-electron chi connectivity index (χ3n) is 1.67. The van der Waals surface area contributed by atoms with Crippen molar-refractivity contribution in [1.82, 2.24) is 5.32 Å². The number of rotatable bonds is 3. The minimum atomic E-state index is -4.18. The van der Waals surface area contributed by atoms with E-state index in [2.05, 4.69) is 5.32 Å². The molecule has 0 aromatic carbocycles. The van der Waals surface area contributed by atoms with Crippen molar-refractivity contribution in [1.29, 1.82) is 0 Å². The minimum absolute atomic E-state index is 0.305. The van der Waals surface area contributed by atoms with E-state index in [4.69, 9.17) is 4.42 Å². The molecule has 1 atom stereocenters. The largest absolute Gasteiger partial charge is 0.468 e. The van der Waals surface area contributed by atoms with Gasteiger partial charge in [0.1, 0.15) is 5.76 Å². The highest BCUT2D eigenvalue weighted by Gasteiger charge is 2.32. The molecule has 0 bridgehead atoms. The maximum atomic E-state index is 12.0. The fourth-order valence-corrected chi connectivity index (χ4v) is 1.07. The lowest BCUT2D eigenvalue weighted by molar-refractivity contribution is -0.141. The molecule has 1 N–H and O–H groups in total. The summed E-state index contributed by atoms with van der Waals surface area (Å²) in [6, 6.07) is 2.29. The summed E-state index contributed by atoms with van der Waals surface area (Å²) < 4.78 is 40.9. The van der Waals surface area contributed by atoms with Crippen LogP contribution in [0.2, 0.25) is 0 Å². The van der Waals surface area contributed by atoms with Crippen molar-refractivity contribution >= 4 is 0 Å². The molecule has 1 aromatic rings. The smallest absolute Gasteiger partial charge is 0.391 e. The molecule has 0 aliphatic heterocycles. The van der Waals surface area contributed by atoms with Crippen LogP contribution in [0.15, 0.2) is 22.8 Å². The maximum Gasteiger partial charge on any atom is 0.391 e. The first-order valence-corrected chi connectivity index (χ1v) is 3.80. The third kappa shape index (κ3) is 3.10. The summed E-state index contributed by atoms with van der Waals surface area (Å²) in [7, 11) is 1.47. The quantitative estimate of drug-likeness (QED) is 0.797. The second-order valence-electron chi connectivity index (χ2n) is 2.68. The summed E-state index contributed by atoms with van der Waals surface area (Å²) in [6.07, 6.45) is -3.74. The van der Waals surface area contributed by atoms with Crippen molar-refractivity contribution in [2.24, 2.45) is 0 Å². The van der Waals surface area contributed by atoms with Crippen molar-refractivity contribution in [3.05, 3.63) is 24.2 Å². The molecule has 0 fully saturated rings. The van der Waals surface area contributed by atoms with Crippen LogP contribution < -0.4 is 5.32 Å². The van der Waals surface area contributed by atoms with Crippen LogP contribution in [0.4, 0.5) is 13.2 Å². The van der Waals surface area contributed by atoms with Gasteiger partial charge in [-0.15, -0.1) is 0 Å². The van der Waals surface area contributed by atoms with Crippen molar-refractivity contribution < 1.29 is 17.6 Å². The van der Waals surface area contributed by atoms with Crippen molar-refractivity contribution in [2.45, 2.75) is 18.6 Å². The molecule has 0 radical (unpaired) electrons. The second kappa shape index (κ2) is 3.83. The van der Waals surface area contributed by atoms with Gasteiger partial charge in [0, 0.05) is 0 Å². The van der Waals surface area contributed by atoms with Gasteiger partial charge in [0.2, 0.25) is 0 Å². The lowest BCUT2D eigenvalue weighted by Gasteiger charge is -2.15. The van der Waals surface area contributed by atoms with Crippen LogP contribution in [0.1, 0.15) is 18.2 Å². The number of hydrogen-bond donors (Lipinski definition) is 1. The lowest BCUT2D eigenvalue weighted by Crippen LogP contribution is -2.23. The van der Waals surface area contributed by atoms with E-state index in [0.29, 0.717) is 5.76 Å². The molecule has 0 aliphatic carbocycles. The van der Waals surface area contributed by atoms with Crippen LogP contribution >= 0.6 is 0 Å². The Morgan fingerprint density at radius 2 is 2.23 bits per heavy atom. The molecular weight excluding hydrogens is 183 g/mol. The summed E-state index contributed by atoms with van der Waals surface area (Å²) in [4.78, 5) is 0. The van der Waals surface area contributed by atoms with Gasteiger partial charge in [-0.3, -0.25) is 0 Å². The number of nitrogens with one attached hydrogen (secondary N) is 1. The topological polar surface area (TPSA) is 25.2 Å². The molecule has 0 saturated heterocycles. The molecule has 0 aliphatic rings. The van der Waals surface area contributed by atoms with Gasteiger partial charge < -0.3 is 9.73 Å². The molecule has 5 heteroatoms. The number of furan rings is 1. The summed E-state index contributed by atoms with van der Waals surface area (Å²) in [5.41, 5.74) is 0. The molecule has 0 amide bonds. The van der Waals surface area contributed by atoms with Crippen LogP contribution in [0, 0.1) is 0 Å². The number of halogens is 3. The third-order valence-corrected chi connectivity index (χ3v) is 1.67. The van der Waals surface area contributed by atoms with E-state index in [0.717, 1.165) is 0 Å². The zero-order valence-corrected chi connectivity index (χ0v) is 7.06. The Bertz CT molecular complexity index is 242. The fraction of sp³-hybridized carbons (Fsp3) is 0.500. The molecule has 13 heavy (non-hydrogen) atoms. The summed E-state index contributed by atoms with van der Waals surface area (Å²) in [5, 5.41) is 2.55. The molecular formula is C8H10F3NO. The van der Waals surface area contributed by atoms with Gasteiger partial charge in [-0.2, -0.15) is 13.2 Å². The van der Waals surface area contributed by atoms with E-state index in [1.54, 1.807) is 6.07 Å². The Morgan fingerprint density at radius 3 is 2.62 bits per heavy atom. The number of alkyl halides is 3. The minimum Gasteiger partial charge on any atom is -0.468 e. The molecule has 2 nitrogen and oxygen atoms in total. The highest BCUT2D eigenvalue weighted by molar-refractivity contribution is 5.04. The van der Waals surface area contributed by atoms with Gasteiger partial charge in [0.15, 0.2) is 0 Å². The number of hydrogen-bond acceptors (Lipinski definition) is 2. The molecule has 0 spiro atoms. The van der Waals surface area contributed by atoms with E-state index in [1.807, 2.05) is 0 Å². The standard InChI is InChI=1S/C8H10F3NO/c1-12-6(5-8(9,10)11)7-3-2-4-13-7/h2-4,6,12H,5H2,1H3. The Balaban J connectivity index is 2.64. The van der Waals surface area contributed by atoms with Crippen LogP contribution in [0.3, 0.4) is 0 Å². The summed E-state index contributed by atoms with van der Waals surface area (Å²) in [6.45, 7) is 0. The second-order valence-corrected chi connectivity index (χ2v) is 2.68. The van der Waals surface area contributed by atoms with Crippen molar-refractivity contribution in [3.8, 4) is 0 Å². The van der Waals surface area contributed by atoms with Gasteiger partial charge >= 0.3 is 6.18 Å². The van der Waals surface area contributed by atoms with E-state index in [9.17, 15) is 13.2 Å². The highest BCUT2D eigenvalue weighted by Crippen LogP contribution is 2.29. The lowest BCUT2D eigenvalue weighted by atomic mass is 10.1. The Kier molecular flexibility index (Phi) is 2.98. The van der Waals surface area contributed by atoms with Crippen LogP contribution in [0.5, 0.6) is 0 Å². The normalized spacial score (nSPS) is 14.5. The van der Waals surface area contributed by atoms with Crippen LogP contribution in [0.25, 0.3) is 0 Å². The average molecular weight is 193 g/mol.